The molecule has 1 aromatic rings. The van der Waals surface area contributed by atoms with Crippen LogP contribution in [-0.4, -0.2) is 65.1 Å². The quantitative estimate of drug-likeness (QED) is 0.617. The Labute approximate surface area is 142 Å². The summed E-state index contributed by atoms with van der Waals surface area (Å²) in [5.74, 6) is -0.165. The van der Waals surface area contributed by atoms with Crippen LogP contribution >= 0.6 is 0 Å². The highest BCUT2D eigenvalue weighted by molar-refractivity contribution is 7.89. The molecule has 9 heteroatoms. The van der Waals surface area contributed by atoms with Crippen LogP contribution in [0.1, 0.15) is 29.2 Å². The van der Waals surface area contributed by atoms with Crippen LogP contribution in [0.5, 0.6) is 0 Å². The van der Waals surface area contributed by atoms with Gasteiger partial charge in [-0.1, -0.05) is 0 Å². The van der Waals surface area contributed by atoms with Gasteiger partial charge in [-0.25, -0.2) is 8.42 Å². The highest BCUT2D eigenvalue weighted by Gasteiger charge is 2.31. The van der Waals surface area contributed by atoms with Gasteiger partial charge < -0.3 is 19.8 Å². The molecule has 1 amide bonds. The predicted molar refractivity (Wildman–Crippen MR) is 88.5 cm³/mol. The third-order valence-corrected chi connectivity index (χ3v) is 5.86. The Morgan fingerprint density at radius 3 is 2.67 bits per heavy atom. The monoisotopic (exact) mass is 359 g/mol. The molecule has 1 aromatic heterocycles. The highest BCUT2D eigenvalue weighted by atomic mass is 32.2. The number of amides is 1. The Balaban J connectivity index is 1.94. The Hall–Kier alpha value is -1.42. The number of aryl methyl sites for hydroxylation is 1. The molecule has 2 N–H and O–H groups in total. The molecule has 0 bridgehead atoms. The van der Waals surface area contributed by atoms with Gasteiger partial charge in [-0.15, -0.1) is 0 Å². The topological polar surface area (TPSA) is 101 Å². The van der Waals surface area contributed by atoms with Crippen LogP contribution in [-0.2, 0) is 14.8 Å². The summed E-state index contributed by atoms with van der Waals surface area (Å²) in [6, 6.07) is 1.32. The van der Waals surface area contributed by atoms with Crippen molar-refractivity contribution in [3.05, 3.63) is 17.6 Å². The molecular weight excluding hydrogens is 334 g/mol. The maximum absolute atomic E-state index is 12.6. The largest absolute Gasteiger partial charge is 0.455 e. The second-order valence-corrected chi connectivity index (χ2v) is 7.55. The van der Waals surface area contributed by atoms with E-state index < -0.39 is 15.9 Å². The van der Waals surface area contributed by atoms with Crippen LogP contribution in [0.2, 0.25) is 0 Å². The molecule has 0 aromatic carbocycles. The van der Waals surface area contributed by atoms with E-state index in [0.29, 0.717) is 39.3 Å². The lowest BCUT2D eigenvalue weighted by Gasteiger charge is -2.14. The average molecular weight is 359 g/mol. The number of hydrogen-bond acceptors (Lipinski definition) is 6. The SMILES string of the molecule is COCCNCCNC(=O)c1cc(S(=O)(=O)N2CCCC2)c(C)o1. The van der Waals surface area contributed by atoms with Gasteiger partial charge in [0.1, 0.15) is 10.7 Å². The minimum absolute atomic E-state index is 0.0159. The van der Waals surface area contributed by atoms with E-state index in [0.717, 1.165) is 12.8 Å². The van der Waals surface area contributed by atoms with Crippen molar-refractivity contribution in [1.82, 2.24) is 14.9 Å². The zero-order valence-electron chi connectivity index (χ0n) is 14.1. The van der Waals surface area contributed by atoms with Crippen molar-refractivity contribution in [2.24, 2.45) is 0 Å². The first-order chi connectivity index (χ1) is 11.5. The Morgan fingerprint density at radius 1 is 1.29 bits per heavy atom. The number of hydrogen-bond donors (Lipinski definition) is 2. The molecule has 1 saturated heterocycles. The zero-order chi connectivity index (χ0) is 17.6. The van der Waals surface area contributed by atoms with E-state index in [4.69, 9.17) is 9.15 Å². The van der Waals surface area contributed by atoms with Gasteiger partial charge in [0.25, 0.3) is 5.91 Å². The Bertz CT molecular complexity index is 650. The van der Waals surface area contributed by atoms with Crippen LogP contribution < -0.4 is 10.6 Å². The molecule has 1 aliphatic heterocycles. The van der Waals surface area contributed by atoms with E-state index in [-0.39, 0.29) is 16.4 Å². The first-order valence-electron chi connectivity index (χ1n) is 8.05. The first kappa shape index (κ1) is 18.9. The van der Waals surface area contributed by atoms with E-state index in [1.807, 2.05) is 0 Å². The molecule has 0 unspecified atom stereocenters. The average Bonchev–Trinajstić information content (AvgIpc) is 3.20. The van der Waals surface area contributed by atoms with E-state index in [1.165, 1.54) is 10.4 Å². The molecule has 0 saturated carbocycles. The van der Waals surface area contributed by atoms with E-state index in [1.54, 1.807) is 14.0 Å². The summed E-state index contributed by atoms with van der Waals surface area (Å²) in [5.41, 5.74) is 0. The van der Waals surface area contributed by atoms with E-state index in [2.05, 4.69) is 10.6 Å². The van der Waals surface area contributed by atoms with Crippen LogP contribution in [0.25, 0.3) is 0 Å². The first-order valence-corrected chi connectivity index (χ1v) is 9.49. The molecule has 0 spiro atoms. The normalized spacial score (nSPS) is 15.8. The van der Waals surface area contributed by atoms with E-state index >= 15 is 0 Å². The second-order valence-electron chi connectivity index (χ2n) is 5.64. The van der Waals surface area contributed by atoms with Crippen molar-refractivity contribution in [3.8, 4) is 0 Å². The number of nitrogens with zero attached hydrogens (tertiary/aromatic N) is 1. The fourth-order valence-corrected chi connectivity index (χ4v) is 4.23. The number of methoxy groups -OCH3 is 1. The summed E-state index contributed by atoms with van der Waals surface area (Å²) < 4.78 is 36.8. The number of rotatable bonds is 9. The van der Waals surface area contributed by atoms with Crippen molar-refractivity contribution < 1.29 is 22.4 Å². The molecule has 0 radical (unpaired) electrons. The number of carbonyl (C=O) groups excluding carboxylic acids is 1. The molecular formula is C15H25N3O5S. The van der Waals surface area contributed by atoms with Crippen molar-refractivity contribution in [2.45, 2.75) is 24.7 Å². The molecule has 24 heavy (non-hydrogen) atoms. The van der Waals surface area contributed by atoms with Crippen molar-refractivity contribution >= 4 is 15.9 Å². The molecule has 1 aliphatic rings. The molecule has 8 nitrogen and oxygen atoms in total. The van der Waals surface area contributed by atoms with Gasteiger partial charge in [0, 0.05) is 45.9 Å². The lowest BCUT2D eigenvalue weighted by Crippen LogP contribution is -2.33. The predicted octanol–water partition coefficient (Wildman–Crippen LogP) is 0.338. The highest BCUT2D eigenvalue weighted by Crippen LogP contribution is 2.26. The molecule has 2 heterocycles. The van der Waals surface area contributed by atoms with Crippen molar-refractivity contribution in [3.63, 3.8) is 0 Å². The molecule has 0 atom stereocenters. The van der Waals surface area contributed by atoms with Crippen LogP contribution in [0.4, 0.5) is 0 Å². The van der Waals surface area contributed by atoms with Gasteiger partial charge in [0.05, 0.1) is 6.61 Å². The van der Waals surface area contributed by atoms with Gasteiger partial charge in [-0.05, 0) is 19.8 Å². The smallest absolute Gasteiger partial charge is 0.287 e. The van der Waals surface area contributed by atoms with E-state index in [9.17, 15) is 13.2 Å². The van der Waals surface area contributed by atoms with Gasteiger partial charge in [-0.2, -0.15) is 4.31 Å². The molecule has 1 fully saturated rings. The summed E-state index contributed by atoms with van der Waals surface area (Å²) in [4.78, 5) is 12.2. The van der Waals surface area contributed by atoms with Gasteiger partial charge in [-0.3, -0.25) is 4.79 Å². The van der Waals surface area contributed by atoms with Crippen molar-refractivity contribution in [2.75, 3.05) is 46.4 Å². The fraction of sp³-hybridized carbons (Fsp3) is 0.667. The number of nitrogens with one attached hydrogen (secondary N) is 2. The molecule has 2 rings (SSSR count). The van der Waals surface area contributed by atoms with Crippen LogP contribution in [0, 0.1) is 6.92 Å². The lowest BCUT2D eigenvalue weighted by atomic mass is 10.4. The minimum Gasteiger partial charge on any atom is -0.455 e. The van der Waals surface area contributed by atoms with Crippen molar-refractivity contribution in [1.29, 1.82) is 0 Å². The summed E-state index contributed by atoms with van der Waals surface area (Å²) in [6.07, 6.45) is 1.72. The summed E-state index contributed by atoms with van der Waals surface area (Å²) in [5, 5.41) is 5.79. The number of ether oxygens (including phenoxy) is 1. The molecule has 0 aliphatic carbocycles. The summed E-state index contributed by atoms with van der Waals surface area (Å²) >= 11 is 0. The standard InChI is InChI=1S/C15H25N3O5S/c1-12-14(24(20,21)18-8-3-4-9-18)11-13(23-12)15(19)17-6-5-16-7-10-22-2/h11,16H,3-10H2,1-2H3,(H,17,19). The zero-order valence-corrected chi connectivity index (χ0v) is 14.9. The fourth-order valence-electron chi connectivity index (χ4n) is 2.55. The van der Waals surface area contributed by atoms with Gasteiger partial charge in [0.15, 0.2) is 5.76 Å². The maximum atomic E-state index is 12.6. The lowest BCUT2D eigenvalue weighted by molar-refractivity contribution is 0.0924. The van der Waals surface area contributed by atoms with Crippen LogP contribution in [0.3, 0.4) is 0 Å². The minimum atomic E-state index is -3.58. The van der Waals surface area contributed by atoms with Gasteiger partial charge in [0.2, 0.25) is 10.0 Å². The number of carbonyl (C=O) groups is 1. The number of sulfonamides is 1. The Kier molecular flexibility index (Phi) is 6.79. The van der Waals surface area contributed by atoms with Gasteiger partial charge >= 0.3 is 0 Å². The number of furan rings is 1. The summed E-state index contributed by atoms with van der Waals surface area (Å²) in [6.45, 7) is 4.90. The maximum Gasteiger partial charge on any atom is 0.287 e. The Morgan fingerprint density at radius 2 is 2.00 bits per heavy atom. The summed E-state index contributed by atoms with van der Waals surface area (Å²) in [7, 11) is -1.96. The second kappa shape index (κ2) is 8.61. The molecule has 136 valence electrons. The third kappa shape index (κ3) is 4.56. The third-order valence-electron chi connectivity index (χ3n) is 3.85. The van der Waals surface area contributed by atoms with Crippen LogP contribution in [0.15, 0.2) is 15.4 Å².